The van der Waals surface area contributed by atoms with Crippen molar-refractivity contribution in [3.63, 3.8) is 0 Å². The van der Waals surface area contributed by atoms with Crippen LogP contribution in [0, 0.1) is 0 Å². The molecular formula is C16H14N2O5. The Balaban J connectivity index is 2.02. The van der Waals surface area contributed by atoms with Crippen LogP contribution >= 0.6 is 0 Å². The zero-order chi connectivity index (χ0) is 16.8. The maximum Gasteiger partial charge on any atom is 0.411 e. The number of benzene rings is 2. The number of carboxylic acid groups (broad SMARTS) is 1. The zero-order valence-electron chi connectivity index (χ0n) is 12.2. The number of anilines is 2. The summed E-state index contributed by atoms with van der Waals surface area (Å²) in [5.74, 6) is -1.38. The van der Waals surface area contributed by atoms with Gasteiger partial charge in [-0.2, -0.15) is 0 Å². The van der Waals surface area contributed by atoms with Crippen molar-refractivity contribution in [3.05, 3.63) is 59.7 Å². The highest BCUT2D eigenvalue weighted by molar-refractivity contribution is 6.04. The third-order valence-corrected chi connectivity index (χ3v) is 2.97. The van der Waals surface area contributed by atoms with Crippen LogP contribution < -0.4 is 10.6 Å². The number of ether oxygens (including phenoxy) is 1. The van der Waals surface area contributed by atoms with Gasteiger partial charge in [-0.05, 0) is 48.5 Å². The molecule has 0 radical (unpaired) electrons. The quantitative estimate of drug-likeness (QED) is 0.805. The number of carboxylic acids is 1. The molecule has 0 aliphatic heterocycles. The lowest BCUT2D eigenvalue weighted by Gasteiger charge is -2.07. The topological polar surface area (TPSA) is 105 Å². The van der Waals surface area contributed by atoms with E-state index in [1.165, 1.54) is 31.4 Å². The highest BCUT2D eigenvalue weighted by atomic mass is 16.5. The number of nitrogens with one attached hydrogen (secondary N) is 2. The SMILES string of the molecule is COC(=O)Nc1ccc(C(=O)Nc2ccc(C(=O)O)cc2)cc1. The van der Waals surface area contributed by atoms with Gasteiger partial charge in [0.15, 0.2) is 0 Å². The smallest absolute Gasteiger partial charge is 0.411 e. The fourth-order valence-corrected chi connectivity index (χ4v) is 1.77. The summed E-state index contributed by atoms with van der Waals surface area (Å²) in [4.78, 5) is 33.9. The predicted molar refractivity (Wildman–Crippen MR) is 83.8 cm³/mol. The number of aromatic carboxylic acids is 1. The molecule has 23 heavy (non-hydrogen) atoms. The Morgan fingerprint density at radius 1 is 0.826 bits per heavy atom. The Kier molecular flexibility index (Phi) is 4.93. The molecule has 0 saturated heterocycles. The van der Waals surface area contributed by atoms with Gasteiger partial charge in [0.25, 0.3) is 5.91 Å². The van der Waals surface area contributed by atoms with E-state index in [1.54, 1.807) is 24.3 Å². The van der Waals surface area contributed by atoms with Crippen LogP contribution in [0.1, 0.15) is 20.7 Å². The van der Waals surface area contributed by atoms with E-state index in [2.05, 4.69) is 15.4 Å². The lowest BCUT2D eigenvalue weighted by atomic mass is 10.1. The van der Waals surface area contributed by atoms with E-state index in [1.807, 2.05) is 0 Å². The normalized spacial score (nSPS) is 9.78. The summed E-state index contributed by atoms with van der Waals surface area (Å²) < 4.78 is 4.47. The number of hydrogen-bond acceptors (Lipinski definition) is 4. The van der Waals surface area contributed by atoms with Crippen LogP contribution in [-0.2, 0) is 4.74 Å². The van der Waals surface area contributed by atoms with Crippen molar-refractivity contribution >= 4 is 29.3 Å². The highest BCUT2D eigenvalue weighted by Crippen LogP contribution is 2.14. The first-order chi connectivity index (χ1) is 11.0. The summed E-state index contributed by atoms with van der Waals surface area (Å²) in [6, 6.07) is 12.1. The van der Waals surface area contributed by atoms with Gasteiger partial charge in [-0.3, -0.25) is 10.1 Å². The first kappa shape index (κ1) is 16.0. The van der Waals surface area contributed by atoms with Gasteiger partial charge < -0.3 is 15.2 Å². The van der Waals surface area contributed by atoms with Crippen LogP contribution in [-0.4, -0.2) is 30.2 Å². The summed E-state index contributed by atoms with van der Waals surface area (Å²) >= 11 is 0. The van der Waals surface area contributed by atoms with Gasteiger partial charge in [0.2, 0.25) is 0 Å². The Hall–Kier alpha value is -3.35. The van der Waals surface area contributed by atoms with Gasteiger partial charge in [-0.15, -0.1) is 0 Å². The molecule has 0 saturated carbocycles. The van der Waals surface area contributed by atoms with Crippen LogP contribution in [0.25, 0.3) is 0 Å². The van der Waals surface area contributed by atoms with E-state index in [9.17, 15) is 14.4 Å². The fourth-order valence-electron chi connectivity index (χ4n) is 1.77. The Bertz CT molecular complexity index is 723. The number of hydrogen-bond donors (Lipinski definition) is 3. The maximum atomic E-state index is 12.1. The Morgan fingerprint density at radius 3 is 1.78 bits per heavy atom. The molecular weight excluding hydrogens is 300 g/mol. The average Bonchev–Trinajstić information content (AvgIpc) is 2.55. The van der Waals surface area contributed by atoms with Crippen LogP contribution in [0.4, 0.5) is 16.2 Å². The Labute approximate surface area is 131 Å². The maximum absolute atomic E-state index is 12.1. The first-order valence-corrected chi connectivity index (χ1v) is 6.59. The molecule has 118 valence electrons. The lowest BCUT2D eigenvalue weighted by Crippen LogP contribution is -2.13. The second kappa shape index (κ2) is 7.08. The van der Waals surface area contributed by atoms with Crippen LogP contribution in [0.5, 0.6) is 0 Å². The summed E-state index contributed by atoms with van der Waals surface area (Å²) in [6.45, 7) is 0. The molecule has 2 amide bonds. The molecule has 0 heterocycles. The van der Waals surface area contributed by atoms with Crippen LogP contribution in [0.2, 0.25) is 0 Å². The molecule has 0 aliphatic rings. The third kappa shape index (κ3) is 4.31. The molecule has 3 N–H and O–H groups in total. The van der Waals surface area contributed by atoms with Crippen LogP contribution in [0.3, 0.4) is 0 Å². The van der Waals surface area contributed by atoms with E-state index in [0.29, 0.717) is 16.9 Å². The molecule has 0 aliphatic carbocycles. The highest BCUT2D eigenvalue weighted by Gasteiger charge is 2.08. The van der Waals surface area contributed by atoms with Crippen molar-refractivity contribution < 1.29 is 24.2 Å². The zero-order valence-corrected chi connectivity index (χ0v) is 12.2. The van der Waals surface area contributed by atoms with E-state index in [0.717, 1.165) is 0 Å². The lowest BCUT2D eigenvalue weighted by molar-refractivity contribution is 0.0696. The van der Waals surface area contributed by atoms with E-state index >= 15 is 0 Å². The van der Waals surface area contributed by atoms with Crippen molar-refractivity contribution in [2.75, 3.05) is 17.7 Å². The minimum absolute atomic E-state index is 0.140. The average molecular weight is 314 g/mol. The van der Waals surface area contributed by atoms with Crippen LogP contribution in [0.15, 0.2) is 48.5 Å². The van der Waals surface area contributed by atoms with Gasteiger partial charge in [0, 0.05) is 16.9 Å². The van der Waals surface area contributed by atoms with Crippen molar-refractivity contribution in [3.8, 4) is 0 Å². The summed E-state index contributed by atoms with van der Waals surface area (Å²) in [5.41, 5.74) is 1.51. The second-order valence-corrected chi connectivity index (χ2v) is 4.53. The first-order valence-electron chi connectivity index (χ1n) is 6.59. The molecule has 0 bridgehead atoms. The number of carbonyl (C=O) groups excluding carboxylic acids is 2. The monoisotopic (exact) mass is 314 g/mol. The molecule has 0 fully saturated rings. The third-order valence-electron chi connectivity index (χ3n) is 2.97. The number of rotatable bonds is 4. The summed E-state index contributed by atoms with van der Waals surface area (Å²) in [6.07, 6.45) is -0.597. The summed E-state index contributed by atoms with van der Waals surface area (Å²) in [5, 5.41) is 13.9. The number of carbonyl (C=O) groups is 3. The Morgan fingerprint density at radius 2 is 1.30 bits per heavy atom. The molecule has 0 aromatic heterocycles. The summed E-state index contributed by atoms with van der Waals surface area (Å²) in [7, 11) is 1.26. The molecule has 2 rings (SSSR count). The second-order valence-electron chi connectivity index (χ2n) is 4.53. The molecule has 0 spiro atoms. The van der Waals surface area contributed by atoms with E-state index in [4.69, 9.17) is 5.11 Å². The minimum atomic E-state index is -1.03. The largest absolute Gasteiger partial charge is 0.478 e. The van der Waals surface area contributed by atoms with Crippen molar-refractivity contribution in [2.24, 2.45) is 0 Å². The van der Waals surface area contributed by atoms with Gasteiger partial charge in [-0.25, -0.2) is 9.59 Å². The molecule has 7 heteroatoms. The minimum Gasteiger partial charge on any atom is -0.478 e. The van der Waals surface area contributed by atoms with Gasteiger partial charge >= 0.3 is 12.1 Å². The number of methoxy groups -OCH3 is 1. The predicted octanol–water partition coefficient (Wildman–Crippen LogP) is 2.82. The van der Waals surface area contributed by atoms with Gasteiger partial charge in [-0.1, -0.05) is 0 Å². The number of amides is 2. The van der Waals surface area contributed by atoms with Gasteiger partial charge in [0.1, 0.15) is 0 Å². The van der Waals surface area contributed by atoms with E-state index in [-0.39, 0.29) is 11.5 Å². The van der Waals surface area contributed by atoms with E-state index < -0.39 is 12.1 Å². The van der Waals surface area contributed by atoms with Crippen molar-refractivity contribution in [1.29, 1.82) is 0 Å². The van der Waals surface area contributed by atoms with Crippen molar-refractivity contribution in [1.82, 2.24) is 0 Å². The fraction of sp³-hybridized carbons (Fsp3) is 0.0625. The molecule has 2 aromatic rings. The molecule has 0 atom stereocenters. The standard InChI is InChI=1S/C16H14N2O5/c1-23-16(22)18-13-6-2-10(3-7-13)14(19)17-12-8-4-11(5-9-12)15(20)21/h2-9H,1H3,(H,17,19)(H,18,22)(H,20,21). The molecule has 2 aromatic carbocycles. The molecule has 7 nitrogen and oxygen atoms in total. The van der Waals surface area contributed by atoms with Gasteiger partial charge in [0.05, 0.1) is 12.7 Å². The van der Waals surface area contributed by atoms with Crippen molar-refractivity contribution in [2.45, 2.75) is 0 Å². The molecule has 0 unspecified atom stereocenters.